The molecule has 2 aromatic carbocycles. The van der Waals surface area contributed by atoms with E-state index in [2.05, 4.69) is 17.2 Å². The second-order valence-electron chi connectivity index (χ2n) is 4.22. The molecule has 2 N–H and O–H groups in total. The smallest absolute Gasteiger partial charge is 0.255 e. The van der Waals surface area contributed by atoms with Crippen molar-refractivity contribution in [1.29, 1.82) is 0 Å². The summed E-state index contributed by atoms with van der Waals surface area (Å²) in [5.74, 6) is 5.23. The Morgan fingerprint density at radius 3 is 2.67 bits per heavy atom. The molecule has 4 heteroatoms. The number of hydrogen-bond donors (Lipinski definition) is 2. The van der Waals surface area contributed by atoms with E-state index in [0.29, 0.717) is 11.3 Å². The average Bonchev–Trinajstić information content (AvgIpc) is 2.53. The van der Waals surface area contributed by atoms with E-state index in [1.807, 2.05) is 30.5 Å². The number of benzene rings is 2. The van der Waals surface area contributed by atoms with Gasteiger partial charge in [0.05, 0.1) is 0 Å². The minimum atomic E-state index is -0.182. The highest BCUT2D eigenvalue weighted by molar-refractivity contribution is 7.98. The molecular formula is C17H15NO2S. The van der Waals surface area contributed by atoms with E-state index in [1.54, 1.807) is 36.0 Å². The standard InChI is InChI=1S/C17H15NO2S/c1-21-16-9-7-14(8-10-16)17(20)18-15-6-2-4-13(12-15)5-3-11-19/h2,4,6-10,12,19H,11H2,1H3,(H,18,20). The summed E-state index contributed by atoms with van der Waals surface area (Å²) in [6.07, 6.45) is 1.99. The van der Waals surface area contributed by atoms with Crippen LogP contribution in [0.5, 0.6) is 0 Å². The molecule has 1 amide bonds. The van der Waals surface area contributed by atoms with Gasteiger partial charge in [0.2, 0.25) is 0 Å². The van der Waals surface area contributed by atoms with Gasteiger partial charge in [-0.1, -0.05) is 17.9 Å². The number of nitrogens with one attached hydrogen (secondary N) is 1. The van der Waals surface area contributed by atoms with E-state index >= 15 is 0 Å². The molecule has 0 unspecified atom stereocenters. The lowest BCUT2D eigenvalue weighted by molar-refractivity contribution is 0.102. The van der Waals surface area contributed by atoms with Crippen molar-refractivity contribution in [1.82, 2.24) is 0 Å². The molecule has 0 atom stereocenters. The van der Waals surface area contributed by atoms with Crippen LogP contribution in [-0.4, -0.2) is 23.9 Å². The molecule has 3 nitrogen and oxygen atoms in total. The van der Waals surface area contributed by atoms with Crippen LogP contribution in [0.15, 0.2) is 53.4 Å². The third-order valence-corrected chi connectivity index (χ3v) is 3.53. The summed E-state index contributed by atoms with van der Waals surface area (Å²) in [6, 6.07) is 14.7. The van der Waals surface area contributed by atoms with E-state index in [9.17, 15) is 4.79 Å². The largest absolute Gasteiger partial charge is 0.384 e. The van der Waals surface area contributed by atoms with Gasteiger partial charge in [-0.25, -0.2) is 0 Å². The van der Waals surface area contributed by atoms with Gasteiger partial charge in [0.1, 0.15) is 6.61 Å². The summed E-state index contributed by atoms with van der Waals surface area (Å²) < 4.78 is 0. The second-order valence-corrected chi connectivity index (χ2v) is 5.10. The van der Waals surface area contributed by atoms with Crippen LogP contribution in [0.4, 0.5) is 5.69 Å². The zero-order valence-electron chi connectivity index (χ0n) is 11.6. The summed E-state index contributed by atoms with van der Waals surface area (Å²) >= 11 is 1.64. The molecule has 0 aromatic heterocycles. The predicted octanol–water partition coefficient (Wildman–Crippen LogP) is 3.00. The lowest BCUT2D eigenvalue weighted by atomic mass is 10.2. The van der Waals surface area contributed by atoms with Crippen molar-refractivity contribution in [3.63, 3.8) is 0 Å². The molecule has 0 aliphatic carbocycles. The Morgan fingerprint density at radius 1 is 1.24 bits per heavy atom. The zero-order valence-corrected chi connectivity index (χ0v) is 12.4. The molecule has 0 saturated heterocycles. The van der Waals surface area contributed by atoms with Crippen molar-refractivity contribution in [3.05, 3.63) is 59.7 Å². The minimum absolute atomic E-state index is 0.157. The van der Waals surface area contributed by atoms with Crippen molar-refractivity contribution in [2.75, 3.05) is 18.2 Å². The van der Waals surface area contributed by atoms with Gasteiger partial charge in [-0.05, 0) is 48.7 Å². The van der Waals surface area contributed by atoms with E-state index in [0.717, 1.165) is 10.5 Å². The molecular weight excluding hydrogens is 282 g/mol. The molecule has 0 aliphatic heterocycles. The SMILES string of the molecule is CSc1ccc(C(=O)Nc2cccc(C#CCO)c2)cc1. The zero-order chi connectivity index (χ0) is 15.1. The minimum Gasteiger partial charge on any atom is -0.384 e. The van der Waals surface area contributed by atoms with Crippen LogP contribution in [0.2, 0.25) is 0 Å². The number of carbonyl (C=O) groups is 1. The van der Waals surface area contributed by atoms with Crippen molar-refractivity contribution >= 4 is 23.4 Å². The molecule has 0 aliphatic rings. The van der Waals surface area contributed by atoms with Gasteiger partial charge in [-0.2, -0.15) is 0 Å². The van der Waals surface area contributed by atoms with Gasteiger partial charge < -0.3 is 10.4 Å². The Morgan fingerprint density at radius 2 is 2.00 bits per heavy atom. The number of hydrogen-bond acceptors (Lipinski definition) is 3. The Hall–Kier alpha value is -2.22. The van der Waals surface area contributed by atoms with Gasteiger partial charge in [0.15, 0.2) is 0 Å². The maximum atomic E-state index is 12.1. The highest BCUT2D eigenvalue weighted by Gasteiger charge is 2.06. The summed E-state index contributed by atoms with van der Waals surface area (Å²) in [5.41, 5.74) is 2.04. The van der Waals surface area contributed by atoms with Crippen molar-refractivity contribution in [2.24, 2.45) is 0 Å². The first-order valence-corrected chi connectivity index (χ1v) is 7.60. The summed E-state index contributed by atoms with van der Waals surface area (Å²) in [6.45, 7) is -0.182. The number of aliphatic hydroxyl groups is 1. The van der Waals surface area contributed by atoms with Gasteiger partial charge in [-0.3, -0.25) is 4.79 Å². The maximum absolute atomic E-state index is 12.1. The van der Waals surface area contributed by atoms with Gasteiger partial charge >= 0.3 is 0 Å². The first-order valence-electron chi connectivity index (χ1n) is 6.38. The first kappa shape index (κ1) is 15.2. The van der Waals surface area contributed by atoms with Crippen molar-refractivity contribution < 1.29 is 9.90 Å². The quantitative estimate of drug-likeness (QED) is 0.676. The number of amides is 1. The number of thioether (sulfide) groups is 1. The van der Waals surface area contributed by atoms with Gasteiger partial charge in [-0.15, -0.1) is 11.8 Å². The van der Waals surface area contributed by atoms with Crippen LogP contribution in [0.25, 0.3) is 0 Å². The summed E-state index contributed by atoms with van der Waals surface area (Å²) in [4.78, 5) is 13.3. The lowest BCUT2D eigenvalue weighted by Gasteiger charge is -2.06. The molecule has 0 radical (unpaired) electrons. The third-order valence-electron chi connectivity index (χ3n) is 2.78. The summed E-state index contributed by atoms with van der Waals surface area (Å²) in [5, 5.41) is 11.5. The Bertz CT molecular complexity index is 684. The molecule has 2 rings (SSSR count). The van der Waals surface area contributed by atoms with E-state index in [4.69, 9.17) is 5.11 Å². The van der Waals surface area contributed by atoms with E-state index < -0.39 is 0 Å². The first-order chi connectivity index (χ1) is 10.2. The Labute approximate surface area is 128 Å². The van der Waals surface area contributed by atoms with Crippen LogP contribution >= 0.6 is 11.8 Å². The van der Waals surface area contributed by atoms with Crippen molar-refractivity contribution in [3.8, 4) is 11.8 Å². The molecule has 0 heterocycles. The molecule has 0 spiro atoms. The van der Waals surface area contributed by atoms with E-state index in [1.165, 1.54) is 0 Å². The topological polar surface area (TPSA) is 49.3 Å². The van der Waals surface area contributed by atoms with Crippen LogP contribution < -0.4 is 5.32 Å². The van der Waals surface area contributed by atoms with E-state index in [-0.39, 0.29) is 12.5 Å². The van der Waals surface area contributed by atoms with Crippen molar-refractivity contribution in [2.45, 2.75) is 4.90 Å². The Kier molecular flexibility index (Phi) is 5.44. The van der Waals surface area contributed by atoms with Crippen LogP contribution in [0.3, 0.4) is 0 Å². The lowest BCUT2D eigenvalue weighted by Crippen LogP contribution is -2.11. The average molecular weight is 297 g/mol. The molecule has 0 bridgehead atoms. The van der Waals surface area contributed by atoms with Crippen LogP contribution in [-0.2, 0) is 0 Å². The molecule has 21 heavy (non-hydrogen) atoms. The van der Waals surface area contributed by atoms with Gasteiger partial charge in [0, 0.05) is 21.7 Å². The molecule has 2 aromatic rings. The monoisotopic (exact) mass is 297 g/mol. The fourth-order valence-electron chi connectivity index (χ4n) is 1.76. The Balaban J connectivity index is 2.11. The van der Waals surface area contributed by atoms with Crippen LogP contribution in [0.1, 0.15) is 15.9 Å². The number of carbonyl (C=O) groups excluding carboxylic acids is 1. The normalized spacial score (nSPS) is 9.62. The highest BCUT2D eigenvalue weighted by Crippen LogP contribution is 2.16. The molecule has 106 valence electrons. The number of rotatable bonds is 3. The highest BCUT2D eigenvalue weighted by atomic mass is 32.2. The van der Waals surface area contributed by atoms with Crippen LogP contribution in [0, 0.1) is 11.8 Å². The summed E-state index contributed by atoms with van der Waals surface area (Å²) in [7, 11) is 0. The number of anilines is 1. The molecule has 0 saturated carbocycles. The van der Waals surface area contributed by atoms with Gasteiger partial charge in [0.25, 0.3) is 5.91 Å². The predicted molar refractivity (Wildman–Crippen MR) is 86.6 cm³/mol. The number of aliphatic hydroxyl groups excluding tert-OH is 1. The third kappa shape index (κ3) is 4.38. The molecule has 0 fully saturated rings. The fourth-order valence-corrected chi connectivity index (χ4v) is 2.17. The maximum Gasteiger partial charge on any atom is 0.255 e. The fraction of sp³-hybridized carbons (Fsp3) is 0.118. The second kappa shape index (κ2) is 7.53.